The lowest BCUT2D eigenvalue weighted by molar-refractivity contribution is 0.0525. The molecule has 2 N–H and O–H groups in total. The van der Waals surface area contributed by atoms with Crippen molar-refractivity contribution in [2.75, 3.05) is 24.4 Å². The normalized spacial score (nSPS) is 13.4. The van der Waals surface area contributed by atoms with E-state index in [0.717, 1.165) is 41.9 Å². The van der Waals surface area contributed by atoms with E-state index in [4.69, 9.17) is 21.7 Å². The van der Waals surface area contributed by atoms with Crippen LogP contribution in [0.4, 0.5) is 10.7 Å². The Bertz CT molecular complexity index is 922. The highest BCUT2D eigenvalue weighted by molar-refractivity contribution is 7.80. The lowest BCUT2D eigenvalue weighted by Gasteiger charge is -2.12. The van der Waals surface area contributed by atoms with Crippen molar-refractivity contribution in [3.8, 4) is 0 Å². The molecule has 3 rings (SSSR count). The molecule has 0 atom stereocenters. The van der Waals surface area contributed by atoms with Crippen LogP contribution in [0.1, 0.15) is 63.8 Å². The van der Waals surface area contributed by atoms with Crippen LogP contribution in [0.5, 0.6) is 0 Å². The lowest BCUT2D eigenvalue weighted by Crippen LogP contribution is -2.20. The summed E-state index contributed by atoms with van der Waals surface area (Å²) < 4.78 is 10.0. The van der Waals surface area contributed by atoms with Gasteiger partial charge in [-0.3, -0.25) is 0 Å². The van der Waals surface area contributed by atoms with Gasteiger partial charge in [0.15, 0.2) is 5.11 Å². The molecule has 0 aliphatic heterocycles. The molecule has 0 fully saturated rings. The van der Waals surface area contributed by atoms with Gasteiger partial charge < -0.3 is 20.1 Å². The van der Waals surface area contributed by atoms with E-state index in [0.29, 0.717) is 22.8 Å². The lowest BCUT2D eigenvalue weighted by atomic mass is 9.96. The zero-order chi connectivity index (χ0) is 21.5. The number of methoxy groups -OCH3 is 1. The highest BCUT2D eigenvalue weighted by Crippen LogP contribution is 2.37. The molecule has 1 aliphatic carbocycles. The number of hydrogen-bond donors (Lipinski definition) is 2. The van der Waals surface area contributed by atoms with Gasteiger partial charge in [0, 0.05) is 10.6 Å². The van der Waals surface area contributed by atoms with Crippen molar-refractivity contribution in [3.63, 3.8) is 0 Å². The summed E-state index contributed by atoms with van der Waals surface area (Å²) in [6, 6.07) is 6.88. The Balaban J connectivity index is 1.75. The van der Waals surface area contributed by atoms with Crippen LogP contribution in [-0.2, 0) is 22.3 Å². The first-order valence-electron chi connectivity index (χ1n) is 10.1. The van der Waals surface area contributed by atoms with Gasteiger partial charge in [-0.05, 0) is 74.7 Å². The number of nitrogens with one attached hydrogen (secondary N) is 2. The van der Waals surface area contributed by atoms with Crippen molar-refractivity contribution < 1.29 is 19.1 Å². The van der Waals surface area contributed by atoms with Gasteiger partial charge in [-0.2, -0.15) is 0 Å². The van der Waals surface area contributed by atoms with Gasteiger partial charge >= 0.3 is 11.9 Å². The van der Waals surface area contributed by atoms with E-state index in [1.165, 1.54) is 24.8 Å². The number of fused-ring (bicyclic) bond motifs is 1. The van der Waals surface area contributed by atoms with Gasteiger partial charge in [0.1, 0.15) is 5.00 Å². The molecule has 0 amide bonds. The number of ether oxygens (including phenoxy) is 2. The van der Waals surface area contributed by atoms with Crippen molar-refractivity contribution in [3.05, 3.63) is 45.8 Å². The fourth-order valence-electron chi connectivity index (χ4n) is 3.50. The molecule has 160 valence electrons. The van der Waals surface area contributed by atoms with Gasteiger partial charge in [0.2, 0.25) is 0 Å². The van der Waals surface area contributed by atoms with Crippen molar-refractivity contribution >= 4 is 51.3 Å². The molecule has 8 heteroatoms. The number of esters is 2. The average Bonchev–Trinajstić information content (AvgIpc) is 3.04. The van der Waals surface area contributed by atoms with Crippen molar-refractivity contribution in [2.45, 2.75) is 45.4 Å². The highest BCUT2D eigenvalue weighted by Gasteiger charge is 2.25. The molecule has 1 aromatic carbocycles. The Morgan fingerprint density at radius 3 is 2.40 bits per heavy atom. The maximum Gasteiger partial charge on any atom is 0.341 e. The second kappa shape index (κ2) is 10.5. The Morgan fingerprint density at radius 2 is 1.73 bits per heavy atom. The zero-order valence-electron chi connectivity index (χ0n) is 17.2. The summed E-state index contributed by atoms with van der Waals surface area (Å²) in [5.74, 6) is -0.694. The number of benzene rings is 1. The van der Waals surface area contributed by atoms with Crippen molar-refractivity contribution in [1.29, 1.82) is 0 Å². The van der Waals surface area contributed by atoms with Crippen LogP contribution in [0.2, 0.25) is 0 Å². The molecule has 1 heterocycles. The molecule has 0 unspecified atom stereocenters. The second-order valence-electron chi connectivity index (χ2n) is 6.99. The largest absolute Gasteiger partial charge is 0.465 e. The molecule has 0 bridgehead atoms. The van der Waals surface area contributed by atoms with E-state index in [1.54, 1.807) is 42.5 Å². The zero-order valence-corrected chi connectivity index (χ0v) is 18.8. The van der Waals surface area contributed by atoms with Crippen molar-refractivity contribution in [1.82, 2.24) is 0 Å². The second-order valence-corrected chi connectivity index (χ2v) is 8.50. The predicted molar refractivity (Wildman–Crippen MR) is 124 cm³/mol. The molecule has 30 heavy (non-hydrogen) atoms. The Kier molecular flexibility index (Phi) is 7.81. The molecule has 0 saturated heterocycles. The fourth-order valence-corrected chi connectivity index (χ4v) is 5.06. The first-order chi connectivity index (χ1) is 14.5. The average molecular weight is 447 g/mol. The van der Waals surface area contributed by atoms with Gasteiger partial charge in [-0.1, -0.05) is 12.8 Å². The number of anilines is 2. The minimum atomic E-state index is -0.358. The summed E-state index contributed by atoms with van der Waals surface area (Å²) >= 11 is 7.04. The van der Waals surface area contributed by atoms with Gasteiger partial charge in [0.05, 0.1) is 24.8 Å². The predicted octanol–water partition coefficient (Wildman–Crippen LogP) is 5.18. The number of rotatable bonds is 5. The fraction of sp³-hybridized carbons (Fsp3) is 0.409. The van der Waals surface area contributed by atoms with E-state index in [9.17, 15) is 9.59 Å². The molecule has 1 aromatic heterocycles. The van der Waals surface area contributed by atoms with E-state index in [2.05, 4.69) is 10.6 Å². The monoisotopic (exact) mass is 446 g/mol. The Labute approximate surface area is 186 Å². The number of aryl methyl sites for hydroxylation is 1. The smallest absolute Gasteiger partial charge is 0.341 e. The summed E-state index contributed by atoms with van der Waals surface area (Å²) in [6.07, 6.45) is 6.45. The standard InChI is InChI=1S/C22H26N2O4S2/c1-3-28-20(25)14-10-12-15(13-11-14)23-22(29)24-19-18(21(26)27-2)16-8-6-4-5-7-9-17(16)30-19/h10-13H,3-9H2,1-2H3,(H2,23,24,29). The quantitative estimate of drug-likeness (QED) is 0.484. The number of hydrogen-bond acceptors (Lipinski definition) is 6. The maximum absolute atomic E-state index is 12.5. The summed E-state index contributed by atoms with van der Waals surface area (Å²) in [5.41, 5.74) is 2.90. The minimum Gasteiger partial charge on any atom is -0.465 e. The summed E-state index contributed by atoms with van der Waals surface area (Å²) in [5, 5.41) is 7.37. The molecule has 1 aliphatic rings. The van der Waals surface area contributed by atoms with Gasteiger partial charge in [0.25, 0.3) is 0 Å². The molecular weight excluding hydrogens is 420 g/mol. The van der Waals surface area contributed by atoms with Crippen molar-refractivity contribution in [2.24, 2.45) is 0 Å². The maximum atomic E-state index is 12.5. The van der Waals surface area contributed by atoms with Crippen LogP contribution in [-0.4, -0.2) is 30.8 Å². The number of thiophene rings is 1. The number of carbonyl (C=O) groups excluding carboxylic acids is 2. The van der Waals surface area contributed by atoms with Crippen LogP contribution in [0.3, 0.4) is 0 Å². The van der Waals surface area contributed by atoms with Crippen LogP contribution < -0.4 is 10.6 Å². The number of thiocarbonyl (C=S) groups is 1. The third-order valence-electron chi connectivity index (χ3n) is 4.94. The third kappa shape index (κ3) is 5.37. The topological polar surface area (TPSA) is 76.7 Å². The van der Waals surface area contributed by atoms with E-state index in [1.807, 2.05) is 0 Å². The first-order valence-corrected chi connectivity index (χ1v) is 11.3. The number of carbonyl (C=O) groups is 2. The third-order valence-corrected chi connectivity index (χ3v) is 6.35. The first kappa shape index (κ1) is 22.2. The SMILES string of the molecule is CCOC(=O)c1ccc(NC(=S)Nc2sc3c(c2C(=O)OC)CCCCCC3)cc1. The van der Waals surface area contributed by atoms with E-state index < -0.39 is 0 Å². The van der Waals surface area contributed by atoms with Crippen LogP contribution in [0.15, 0.2) is 24.3 Å². The molecule has 0 saturated carbocycles. The molecule has 2 aromatic rings. The molecule has 0 radical (unpaired) electrons. The van der Waals surface area contributed by atoms with Gasteiger partial charge in [-0.25, -0.2) is 9.59 Å². The van der Waals surface area contributed by atoms with Crippen LogP contribution >= 0.6 is 23.6 Å². The summed E-state index contributed by atoms with van der Waals surface area (Å²) in [7, 11) is 1.40. The Hall–Kier alpha value is -2.45. The molecular formula is C22H26N2O4S2. The molecule has 6 nitrogen and oxygen atoms in total. The minimum absolute atomic E-state index is 0.333. The summed E-state index contributed by atoms with van der Waals surface area (Å²) in [6.45, 7) is 2.10. The van der Waals surface area contributed by atoms with E-state index >= 15 is 0 Å². The summed E-state index contributed by atoms with van der Waals surface area (Å²) in [4.78, 5) is 25.5. The Morgan fingerprint density at radius 1 is 1.03 bits per heavy atom. The molecule has 0 spiro atoms. The van der Waals surface area contributed by atoms with Crippen LogP contribution in [0.25, 0.3) is 0 Å². The van der Waals surface area contributed by atoms with E-state index in [-0.39, 0.29) is 11.9 Å². The van der Waals surface area contributed by atoms with Crippen LogP contribution in [0, 0.1) is 0 Å². The van der Waals surface area contributed by atoms with Gasteiger partial charge in [-0.15, -0.1) is 11.3 Å². The highest BCUT2D eigenvalue weighted by atomic mass is 32.1.